The van der Waals surface area contributed by atoms with Gasteiger partial charge in [0, 0.05) is 31.7 Å². The molecule has 1 aromatic heterocycles. The fourth-order valence-corrected chi connectivity index (χ4v) is 3.06. The number of hydrogen-bond donors (Lipinski definition) is 3. The van der Waals surface area contributed by atoms with E-state index in [9.17, 15) is 9.90 Å². The topological polar surface area (TPSA) is 101 Å². The van der Waals surface area contributed by atoms with Gasteiger partial charge in [-0.05, 0) is 24.5 Å². The molecule has 23 heavy (non-hydrogen) atoms. The minimum absolute atomic E-state index is 0.0132. The van der Waals surface area contributed by atoms with Gasteiger partial charge in [-0.2, -0.15) is 0 Å². The minimum Gasteiger partial charge on any atom is -0.481 e. The molecule has 0 amide bonds. The molecule has 0 aliphatic carbocycles. The minimum atomic E-state index is -0.808. The molecule has 0 aliphatic rings. The molecule has 0 spiro atoms. The maximum absolute atomic E-state index is 10.6. The largest absolute Gasteiger partial charge is 0.481 e. The zero-order valence-electron chi connectivity index (χ0n) is 13.1. The van der Waals surface area contributed by atoms with Crippen LogP contribution in [0.15, 0.2) is 12.1 Å². The first-order valence-corrected chi connectivity index (χ1v) is 8.15. The Balaban J connectivity index is 2.35. The summed E-state index contributed by atoms with van der Waals surface area (Å²) in [4.78, 5) is 15.2. The number of imidazole rings is 1. The highest BCUT2D eigenvalue weighted by atomic mass is 35.5. The van der Waals surface area contributed by atoms with Gasteiger partial charge in [-0.15, -0.1) is 11.6 Å². The van der Waals surface area contributed by atoms with Crippen LogP contribution in [0.3, 0.4) is 0 Å². The molecule has 126 valence electrons. The molecule has 0 saturated carbocycles. The lowest BCUT2D eigenvalue weighted by molar-refractivity contribution is -0.137. The van der Waals surface area contributed by atoms with E-state index in [1.165, 1.54) is 0 Å². The van der Waals surface area contributed by atoms with Gasteiger partial charge in [0.1, 0.15) is 11.3 Å². The van der Waals surface area contributed by atoms with Crippen molar-refractivity contribution in [3.8, 4) is 0 Å². The van der Waals surface area contributed by atoms with Crippen LogP contribution in [0, 0.1) is 0 Å². The van der Waals surface area contributed by atoms with Gasteiger partial charge in [-0.1, -0.05) is 6.07 Å². The Kier molecular flexibility index (Phi) is 5.85. The van der Waals surface area contributed by atoms with Crippen molar-refractivity contribution >= 4 is 34.3 Å². The maximum Gasteiger partial charge on any atom is 0.303 e. The standard InChI is InChI=1S/C16H22ClN3O3/c1-20-12-6-5-11(10(9-21)7-8-17)15(18)16(12)19-13(20)3-2-4-14(22)23/h5-6,10,21H,2-4,7-9,18H2,1H3,(H,22,23). The molecule has 2 aromatic rings. The number of aliphatic carboxylic acids is 1. The van der Waals surface area contributed by atoms with E-state index in [1.54, 1.807) is 0 Å². The van der Waals surface area contributed by atoms with Crippen LogP contribution >= 0.6 is 11.6 Å². The fraction of sp³-hybridized carbons (Fsp3) is 0.500. The number of carboxylic acids is 1. The van der Waals surface area contributed by atoms with E-state index in [4.69, 9.17) is 22.4 Å². The fourth-order valence-electron chi connectivity index (χ4n) is 2.80. The van der Waals surface area contributed by atoms with Crippen LogP contribution in [-0.4, -0.2) is 38.2 Å². The van der Waals surface area contributed by atoms with Crippen LogP contribution in [0.2, 0.25) is 0 Å². The molecule has 0 saturated heterocycles. The van der Waals surface area contributed by atoms with Crippen LogP contribution in [-0.2, 0) is 18.3 Å². The average Bonchev–Trinajstić information content (AvgIpc) is 2.83. The van der Waals surface area contributed by atoms with Crippen molar-refractivity contribution in [3.05, 3.63) is 23.5 Å². The average molecular weight is 340 g/mol. The molecule has 6 nitrogen and oxygen atoms in total. The highest BCUT2D eigenvalue weighted by Crippen LogP contribution is 2.32. The third-order valence-electron chi connectivity index (χ3n) is 4.13. The summed E-state index contributed by atoms with van der Waals surface area (Å²) < 4.78 is 1.94. The number of benzene rings is 1. The van der Waals surface area contributed by atoms with Crippen molar-refractivity contribution in [2.45, 2.75) is 31.6 Å². The van der Waals surface area contributed by atoms with E-state index >= 15 is 0 Å². The number of fused-ring (bicyclic) bond motifs is 1. The van der Waals surface area contributed by atoms with E-state index in [-0.39, 0.29) is 18.9 Å². The third kappa shape index (κ3) is 3.76. The van der Waals surface area contributed by atoms with E-state index in [2.05, 4.69) is 4.98 Å². The number of alkyl halides is 1. The summed E-state index contributed by atoms with van der Waals surface area (Å²) in [5.41, 5.74) is 9.28. The molecule has 1 unspecified atom stereocenters. The smallest absolute Gasteiger partial charge is 0.303 e. The molecule has 0 bridgehead atoms. The number of halogens is 1. The number of anilines is 1. The lowest BCUT2D eigenvalue weighted by Crippen LogP contribution is -2.08. The summed E-state index contributed by atoms with van der Waals surface area (Å²) in [6.45, 7) is -0.0132. The second-order valence-corrected chi connectivity index (χ2v) is 6.01. The van der Waals surface area contributed by atoms with E-state index in [0.717, 1.165) is 16.9 Å². The van der Waals surface area contributed by atoms with Gasteiger partial charge in [0.2, 0.25) is 0 Å². The van der Waals surface area contributed by atoms with Gasteiger partial charge in [0.15, 0.2) is 0 Å². The van der Waals surface area contributed by atoms with Crippen LogP contribution < -0.4 is 5.73 Å². The summed E-state index contributed by atoms with van der Waals surface area (Å²) in [7, 11) is 1.90. The number of nitrogen functional groups attached to an aromatic ring is 1. The van der Waals surface area contributed by atoms with Gasteiger partial charge in [-0.25, -0.2) is 4.98 Å². The second kappa shape index (κ2) is 7.66. The summed E-state index contributed by atoms with van der Waals surface area (Å²) >= 11 is 5.79. The number of nitrogens with two attached hydrogens (primary N) is 1. The zero-order valence-corrected chi connectivity index (χ0v) is 13.9. The monoisotopic (exact) mass is 339 g/mol. The normalized spacial score (nSPS) is 12.7. The van der Waals surface area contributed by atoms with Crippen LogP contribution in [0.25, 0.3) is 11.0 Å². The molecule has 0 radical (unpaired) electrons. The van der Waals surface area contributed by atoms with Crippen molar-refractivity contribution in [1.82, 2.24) is 9.55 Å². The number of rotatable bonds is 8. The molecular formula is C16H22ClN3O3. The predicted octanol–water partition coefficient (Wildman–Crippen LogP) is 2.27. The van der Waals surface area contributed by atoms with Crippen LogP contribution in [0.1, 0.15) is 36.6 Å². The summed E-state index contributed by atoms with van der Waals surface area (Å²) in [5.74, 6) is 0.348. The second-order valence-electron chi connectivity index (χ2n) is 5.63. The molecule has 0 fully saturated rings. The quantitative estimate of drug-likeness (QED) is 0.506. The van der Waals surface area contributed by atoms with Crippen molar-refractivity contribution in [2.75, 3.05) is 18.2 Å². The molecule has 2 rings (SSSR count). The number of aliphatic hydroxyl groups excluding tert-OH is 1. The van der Waals surface area contributed by atoms with Crippen molar-refractivity contribution in [1.29, 1.82) is 0 Å². The summed E-state index contributed by atoms with van der Waals surface area (Å²) in [6, 6.07) is 3.85. The van der Waals surface area contributed by atoms with Gasteiger partial charge in [-0.3, -0.25) is 4.79 Å². The number of carboxylic acid groups (broad SMARTS) is 1. The van der Waals surface area contributed by atoms with Crippen molar-refractivity contribution in [3.63, 3.8) is 0 Å². The van der Waals surface area contributed by atoms with E-state index in [1.807, 2.05) is 23.7 Å². The number of aliphatic hydroxyl groups is 1. The number of aryl methyl sites for hydroxylation is 2. The molecule has 1 heterocycles. The number of carbonyl (C=O) groups is 1. The zero-order chi connectivity index (χ0) is 17.0. The Morgan fingerprint density at radius 2 is 2.22 bits per heavy atom. The Labute approximate surface area is 139 Å². The molecule has 4 N–H and O–H groups in total. The highest BCUT2D eigenvalue weighted by Gasteiger charge is 2.18. The Hall–Kier alpha value is -1.79. The number of nitrogens with zero attached hydrogens (tertiary/aromatic N) is 2. The van der Waals surface area contributed by atoms with Gasteiger partial charge < -0.3 is 20.5 Å². The summed E-state index contributed by atoms with van der Waals surface area (Å²) in [6.07, 6.45) is 1.88. The van der Waals surface area contributed by atoms with Crippen LogP contribution in [0.4, 0.5) is 5.69 Å². The molecular weight excluding hydrogens is 318 g/mol. The van der Waals surface area contributed by atoms with Crippen LogP contribution in [0.5, 0.6) is 0 Å². The summed E-state index contributed by atoms with van der Waals surface area (Å²) in [5, 5.41) is 18.3. The van der Waals surface area contributed by atoms with E-state index < -0.39 is 5.97 Å². The molecule has 7 heteroatoms. The Bertz CT molecular complexity index is 699. The lowest BCUT2D eigenvalue weighted by atomic mass is 9.95. The molecule has 0 aliphatic heterocycles. The Morgan fingerprint density at radius 3 is 2.83 bits per heavy atom. The first-order valence-electron chi connectivity index (χ1n) is 7.61. The number of hydrogen-bond acceptors (Lipinski definition) is 4. The lowest BCUT2D eigenvalue weighted by Gasteiger charge is -2.15. The maximum atomic E-state index is 10.6. The van der Waals surface area contributed by atoms with Gasteiger partial charge in [0.05, 0.1) is 17.8 Å². The van der Waals surface area contributed by atoms with Gasteiger partial charge >= 0.3 is 5.97 Å². The molecule has 1 aromatic carbocycles. The third-order valence-corrected chi connectivity index (χ3v) is 4.35. The van der Waals surface area contributed by atoms with Crippen molar-refractivity contribution < 1.29 is 15.0 Å². The highest BCUT2D eigenvalue weighted by molar-refractivity contribution is 6.17. The first kappa shape index (κ1) is 17.6. The molecule has 1 atom stereocenters. The van der Waals surface area contributed by atoms with E-state index in [0.29, 0.717) is 36.3 Å². The SMILES string of the molecule is Cn1c(CCCC(=O)O)nc2c(N)c(C(CO)CCCl)ccc21. The Morgan fingerprint density at radius 1 is 1.48 bits per heavy atom. The van der Waals surface area contributed by atoms with Crippen molar-refractivity contribution in [2.24, 2.45) is 7.05 Å². The number of aromatic nitrogens is 2. The predicted molar refractivity (Wildman–Crippen MR) is 90.9 cm³/mol. The first-order chi connectivity index (χ1) is 11.0. The van der Waals surface area contributed by atoms with Gasteiger partial charge in [0.25, 0.3) is 0 Å².